The Bertz CT molecular complexity index is 1270. The van der Waals surface area contributed by atoms with Crippen LogP contribution in [0.2, 0.25) is 0 Å². The quantitative estimate of drug-likeness (QED) is 0.179. The van der Waals surface area contributed by atoms with Gasteiger partial charge in [0.05, 0.1) is 31.2 Å². The Kier molecular flexibility index (Phi) is 6.95. The van der Waals surface area contributed by atoms with Gasteiger partial charge in [-0.1, -0.05) is 60.7 Å². The van der Waals surface area contributed by atoms with Gasteiger partial charge in [-0.15, -0.1) is 11.3 Å². The van der Waals surface area contributed by atoms with Crippen molar-refractivity contribution in [3.8, 4) is 5.75 Å². The van der Waals surface area contributed by atoms with Gasteiger partial charge in [0, 0.05) is 28.3 Å². The van der Waals surface area contributed by atoms with E-state index in [0.717, 1.165) is 26.9 Å². The van der Waals surface area contributed by atoms with Crippen LogP contribution >= 0.6 is 11.3 Å². The summed E-state index contributed by atoms with van der Waals surface area (Å²) in [6.45, 7) is 0. The molecule has 0 atom stereocenters. The minimum Gasteiger partial charge on any atom is -0.494 e. The van der Waals surface area contributed by atoms with Crippen molar-refractivity contribution >= 4 is 44.6 Å². The van der Waals surface area contributed by atoms with E-state index in [0.29, 0.717) is 16.3 Å². The number of fused-ring (bicyclic) bond motifs is 1. The van der Waals surface area contributed by atoms with Gasteiger partial charge in [0.15, 0.2) is 5.78 Å². The second kappa shape index (κ2) is 10.2. The molecule has 5 nitrogen and oxygen atoms in total. The van der Waals surface area contributed by atoms with Crippen molar-refractivity contribution in [3.63, 3.8) is 0 Å². The van der Waals surface area contributed by atoms with E-state index in [1.807, 2.05) is 78.9 Å². The molecule has 0 saturated carbocycles. The molecule has 0 bridgehead atoms. The maximum Gasteiger partial charge on any atom is 0.305 e. The van der Waals surface area contributed by atoms with Gasteiger partial charge < -0.3 is 9.47 Å². The molecule has 0 fully saturated rings. The van der Waals surface area contributed by atoms with Gasteiger partial charge in [-0.05, 0) is 17.5 Å². The molecule has 0 amide bonds. The molecule has 0 spiro atoms. The Balaban J connectivity index is 1.76. The van der Waals surface area contributed by atoms with Crippen molar-refractivity contribution in [3.05, 3.63) is 94.9 Å². The fraction of sp³-hybridized carbons (Fsp3) is 0.148. The highest BCUT2D eigenvalue weighted by Crippen LogP contribution is 2.38. The van der Waals surface area contributed by atoms with E-state index in [1.165, 1.54) is 18.4 Å². The first kappa shape index (κ1) is 22.4. The molecule has 0 aliphatic heterocycles. The molecule has 0 unspecified atom stereocenters. The van der Waals surface area contributed by atoms with Crippen molar-refractivity contribution in [2.45, 2.75) is 12.8 Å². The molecule has 166 valence electrons. The topological polar surface area (TPSA) is 65.0 Å². The number of esters is 1. The fourth-order valence-corrected chi connectivity index (χ4v) is 4.53. The predicted octanol–water partition coefficient (Wildman–Crippen LogP) is 6.21. The van der Waals surface area contributed by atoms with E-state index in [4.69, 9.17) is 9.73 Å². The summed E-state index contributed by atoms with van der Waals surface area (Å²) in [5.41, 5.74) is 3.50. The van der Waals surface area contributed by atoms with Crippen LogP contribution in [0, 0.1) is 0 Å². The maximum absolute atomic E-state index is 12.6. The van der Waals surface area contributed by atoms with E-state index >= 15 is 0 Å². The summed E-state index contributed by atoms with van der Waals surface area (Å²) in [7, 11) is 2.93. The molecular weight excluding hydrogens is 434 g/mol. The lowest BCUT2D eigenvalue weighted by molar-refractivity contribution is -0.140. The Labute approximate surface area is 196 Å². The number of carbonyl (C=O) groups is 2. The number of hydrogen-bond donors (Lipinski definition) is 0. The number of benzene rings is 3. The zero-order valence-electron chi connectivity index (χ0n) is 18.4. The van der Waals surface area contributed by atoms with E-state index in [-0.39, 0.29) is 18.6 Å². The third-order valence-corrected chi connectivity index (χ3v) is 6.34. The van der Waals surface area contributed by atoms with E-state index in [2.05, 4.69) is 4.74 Å². The largest absolute Gasteiger partial charge is 0.494 e. The van der Waals surface area contributed by atoms with Crippen LogP contribution in [-0.4, -0.2) is 31.7 Å². The third kappa shape index (κ3) is 5.18. The molecule has 1 aromatic heterocycles. The second-order valence-electron chi connectivity index (χ2n) is 7.36. The van der Waals surface area contributed by atoms with Crippen LogP contribution < -0.4 is 4.74 Å². The summed E-state index contributed by atoms with van der Waals surface area (Å²) >= 11 is 1.38. The van der Waals surface area contributed by atoms with Crippen LogP contribution in [0.1, 0.15) is 33.6 Å². The number of hydrogen-bond acceptors (Lipinski definition) is 6. The first-order valence-electron chi connectivity index (χ1n) is 10.5. The minimum atomic E-state index is -0.392. The number of methoxy groups -OCH3 is 2. The minimum absolute atomic E-state index is 0.0694. The lowest BCUT2D eigenvalue weighted by Crippen LogP contribution is -2.04. The summed E-state index contributed by atoms with van der Waals surface area (Å²) in [5, 5.41) is 0.904. The molecule has 0 radical (unpaired) electrons. The normalized spacial score (nSPS) is 10.6. The van der Waals surface area contributed by atoms with Gasteiger partial charge in [-0.2, -0.15) is 0 Å². The second-order valence-corrected chi connectivity index (χ2v) is 8.45. The summed E-state index contributed by atoms with van der Waals surface area (Å²) in [6, 6.07) is 25.7. The monoisotopic (exact) mass is 457 g/mol. The van der Waals surface area contributed by atoms with E-state index < -0.39 is 5.97 Å². The number of carbonyl (C=O) groups excluding carboxylic acids is 2. The van der Waals surface area contributed by atoms with Crippen LogP contribution in [0.25, 0.3) is 10.1 Å². The van der Waals surface area contributed by atoms with Crippen LogP contribution in [0.5, 0.6) is 5.75 Å². The molecule has 3 aromatic carbocycles. The highest BCUT2D eigenvalue weighted by molar-refractivity contribution is 7.20. The maximum atomic E-state index is 12.6. The van der Waals surface area contributed by atoms with Crippen molar-refractivity contribution < 1.29 is 19.1 Å². The summed E-state index contributed by atoms with van der Waals surface area (Å²) < 4.78 is 11.2. The van der Waals surface area contributed by atoms with Crippen molar-refractivity contribution in [2.24, 2.45) is 4.99 Å². The molecule has 1 heterocycles. The van der Waals surface area contributed by atoms with Gasteiger partial charge in [0.2, 0.25) is 0 Å². The Morgan fingerprint density at radius 3 is 2.06 bits per heavy atom. The van der Waals surface area contributed by atoms with Crippen LogP contribution in [0.15, 0.2) is 83.9 Å². The van der Waals surface area contributed by atoms with Gasteiger partial charge >= 0.3 is 5.97 Å². The van der Waals surface area contributed by atoms with Crippen molar-refractivity contribution in [2.75, 3.05) is 14.2 Å². The van der Waals surface area contributed by atoms with Crippen molar-refractivity contribution in [1.82, 2.24) is 0 Å². The molecule has 0 aliphatic rings. The number of aliphatic imine (C=N–C) groups is 1. The highest BCUT2D eigenvalue weighted by Gasteiger charge is 2.16. The number of thiophene rings is 1. The van der Waals surface area contributed by atoms with Crippen LogP contribution in [0.4, 0.5) is 5.69 Å². The molecule has 0 aliphatic carbocycles. The summed E-state index contributed by atoms with van der Waals surface area (Å²) in [5.74, 6) is 0.152. The highest BCUT2D eigenvalue weighted by atomic mass is 32.1. The average Bonchev–Trinajstić information content (AvgIpc) is 3.29. The Morgan fingerprint density at radius 1 is 0.848 bits per heavy atom. The molecule has 0 N–H and O–H groups in total. The van der Waals surface area contributed by atoms with Gasteiger partial charge in [0.25, 0.3) is 0 Å². The third-order valence-electron chi connectivity index (χ3n) is 5.20. The fourth-order valence-electron chi connectivity index (χ4n) is 3.49. The summed E-state index contributed by atoms with van der Waals surface area (Å²) in [6.07, 6.45) is 0.188. The molecule has 0 saturated heterocycles. The SMILES string of the molecule is COC(=O)CCC(=O)c1cc2cc(N=C(c3ccccc3)c3ccccc3)c(OC)cc2s1. The van der Waals surface area contributed by atoms with E-state index in [9.17, 15) is 9.59 Å². The van der Waals surface area contributed by atoms with Gasteiger partial charge in [-0.3, -0.25) is 9.59 Å². The Hall–Kier alpha value is -3.77. The number of rotatable bonds is 8. The number of ether oxygens (including phenoxy) is 2. The predicted molar refractivity (Wildman–Crippen MR) is 132 cm³/mol. The summed E-state index contributed by atoms with van der Waals surface area (Å²) in [4.78, 5) is 29.5. The van der Waals surface area contributed by atoms with Crippen LogP contribution in [0.3, 0.4) is 0 Å². The zero-order valence-corrected chi connectivity index (χ0v) is 19.2. The lowest BCUT2D eigenvalue weighted by atomic mass is 10.0. The zero-order chi connectivity index (χ0) is 23.2. The van der Waals surface area contributed by atoms with Crippen molar-refractivity contribution in [1.29, 1.82) is 0 Å². The number of ketones is 1. The molecular formula is C27H23NO4S. The Morgan fingerprint density at radius 2 is 1.48 bits per heavy atom. The smallest absolute Gasteiger partial charge is 0.305 e. The molecule has 4 rings (SSSR count). The first-order valence-corrected chi connectivity index (χ1v) is 11.3. The van der Waals surface area contributed by atoms with E-state index in [1.54, 1.807) is 7.11 Å². The first-order chi connectivity index (χ1) is 16.1. The number of nitrogens with zero attached hydrogens (tertiary/aromatic N) is 1. The molecule has 33 heavy (non-hydrogen) atoms. The molecule has 6 heteroatoms. The molecule has 4 aromatic rings. The average molecular weight is 458 g/mol. The lowest BCUT2D eigenvalue weighted by Gasteiger charge is -2.10. The number of Topliss-reactive ketones (excluding diaryl/α,β-unsaturated/α-hetero) is 1. The van der Waals surface area contributed by atoms with Crippen LogP contribution in [-0.2, 0) is 9.53 Å². The standard InChI is InChI=1S/C27H23NO4S/c1-31-23-17-24-20(16-25(33-24)22(29)13-14-26(30)32-2)15-21(23)28-27(18-9-5-3-6-10-18)19-11-7-4-8-12-19/h3-12,15-17H,13-14H2,1-2H3. The van der Waals surface area contributed by atoms with Gasteiger partial charge in [-0.25, -0.2) is 4.99 Å². The van der Waals surface area contributed by atoms with Gasteiger partial charge in [0.1, 0.15) is 11.4 Å².